The Morgan fingerprint density at radius 2 is 2.44 bits per heavy atom. The second-order valence-electron chi connectivity index (χ2n) is 1.29. The maximum Gasteiger partial charge on any atom is 0.317 e. The van der Waals surface area contributed by atoms with E-state index in [1.807, 2.05) is 0 Å². The highest BCUT2D eigenvalue weighted by Crippen LogP contribution is 1.86. The third-order valence-electron chi connectivity index (χ3n) is 0.587. The second kappa shape index (κ2) is 5.64. The maximum absolute atomic E-state index is 10.4. The first kappa shape index (κ1) is 8.51. The van der Waals surface area contributed by atoms with Crippen LogP contribution in [0.3, 0.4) is 0 Å². The molecule has 0 saturated carbocycles. The van der Waals surface area contributed by atoms with Crippen molar-refractivity contribution in [2.45, 2.75) is 6.42 Å². The number of hydrogen-bond acceptors (Lipinski definition) is 2. The zero-order chi connectivity index (χ0) is 7.11. The van der Waals surface area contributed by atoms with E-state index >= 15 is 0 Å². The molecule has 0 amide bonds. The summed E-state index contributed by atoms with van der Waals surface area (Å²) in [6, 6.07) is 0. The molecule has 0 atom stereocenters. The Labute approximate surface area is 62.7 Å². The van der Waals surface area contributed by atoms with E-state index in [0.717, 1.165) is 0 Å². The van der Waals surface area contributed by atoms with E-state index in [1.165, 1.54) is 0 Å². The molecular weight excluding hydrogens is 184 g/mol. The summed E-state index contributed by atoms with van der Waals surface area (Å²) in [7, 11) is 0. The van der Waals surface area contributed by atoms with Crippen molar-refractivity contribution >= 4 is 21.9 Å². The van der Waals surface area contributed by atoms with Gasteiger partial charge in [0.2, 0.25) is 0 Å². The van der Waals surface area contributed by atoms with Crippen molar-refractivity contribution in [3.8, 4) is 12.3 Å². The lowest BCUT2D eigenvalue weighted by Crippen LogP contribution is -2.04. The van der Waals surface area contributed by atoms with E-state index in [2.05, 4.69) is 26.6 Å². The van der Waals surface area contributed by atoms with Gasteiger partial charge in [0.25, 0.3) is 0 Å². The van der Waals surface area contributed by atoms with Crippen LogP contribution in [0.5, 0.6) is 0 Å². The van der Waals surface area contributed by atoms with Crippen LogP contribution in [0.2, 0.25) is 0 Å². The van der Waals surface area contributed by atoms with Crippen molar-refractivity contribution in [1.82, 2.24) is 0 Å². The average Bonchev–Trinajstić information content (AvgIpc) is 1.85. The lowest BCUT2D eigenvalue weighted by Gasteiger charge is -1.96. The van der Waals surface area contributed by atoms with Crippen LogP contribution in [0, 0.1) is 12.3 Å². The lowest BCUT2D eigenvalue weighted by atomic mass is 10.5. The molecule has 0 radical (unpaired) electrons. The molecule has 0 aliphatic carbocycles. The van der Waals surface area contributed by atoms with Gasteiger partial charge in [0.05, 0.1) is 0 Å². The summed E-state index contributed by atoms with van der Waals surface area (Å²) in [4.78, 5) is 10.4. The van der Waals surface area contributed by atoms with Crippen LogP contribution < -0.4 is 0 Å². The van der Waals surface area contributed by atoms with E-state index in [0.29, 0.717) is 11.9 Å². The van der Waals surface area contributed by atoms with Gasteiger partial charge in [-0.1, -0.05) is 21.9 Å². The summed E-state index contributed by atoms with van der Waals surface area (Å²) < 4.78 is 4.60. The van der Waals surface area contributed by atoms with Gasteiger partial charge in [-0.25, -0.2) is 0 Å². The summed E-state index contributed by atoms with van der Waals surface area (Å²) >= 11 is 3.10. The monoisotopic (exact) mass is 190 g/mol. The van der Waals surface area contributed by atoms with Crippen LogP contribution in [0.4, 0.5) is 0 Å². The topological polar surface area (TPSA) is 26.3 Å². The van der Waals surface area contributed by atoms with Crippen molar-refractivity contribution in [3.63, 3.8) is 0 Å². The number of carbonyl (C=O) groups is 1. The maximum atomic E-state index is 10.4. The van der Waals surface area contributed by atoms with Crippen LogP contribution in [-0.2, 0) is 9.53 Å². The number of hydrogen-bond donors (Lipinski definition) is 0. The van der Waals surface area contributed by atoms with Gasteiger partial charge in [-0.3, -0.25) is 4.79 Å². The molecule has 0 aromatic rings. The third-order valence-corrected chi connectivity index (χ3v) is 0.910. The number of halogens is 1. The predicted molar refractivity (Wildman–Crippen MR) is 38.2 cm³/mol. The van der Waals surface area contributed by atoms with Gasteiger partial charge in [0, 0.05) is 5.33 Å². The van der Waals surface area contributed by atoms with Gasteiger partial charge in [-0.15, -0.1) is 6.42 Å². The summed E-state index contributed by atoms with van der Waals surface area (Å²) in [5.41, 5.74) is 0. The van der Waals surface area contributed by atoms with Crippen molar-refractivity contribution in [1.29, 1.82) is 0 Å². The molecule has 50 valence electrons. The fraction of sp³-hybridized carbons (Fsp3) is 0.500. The number of ether oxygens (including phenoxy) is 1. The Morgan fingerprint density at radius 3 is 2.89 bits per heavy atom. The minimum absolute atomic E-state index is 0.0625. The van der Waals surface area contributed by atoms with E-state index in [1.54, 1.807) is 0 Å². The Bertz CT molecular complexity index is 126. The fourth-order valence-electron chi connectivity index (χ4n) is 0.287. The number of carbonyl (C=O) groups excluding carboxylic acids is 1. The third kappa shape index (κ3) is 5.38. The van der Waals surface area contributed by atoms with Crippen LogP contribution in [0.25, 0.3) is 0 Å². The molecular formula is C6H7BrO2. The minimum atomic E-state index is -0.336. The van der Waals surface area contributed by atoms with Gasteiger partial charge in [-0.05, 0) is 0 Å². The van der Waals surface area contributed by atoms with Crippen LogP contribution >= 0.6 is 15.9 Å². The van der Waals surface area contributed by atoms with E-state index in [-0.39, 0.29) is 12.4 Å². The first-order chi connectivity index (χ1) is 4.31. The number of alkyl halides is 1. The molecule has 0 saturated heterocycles. The van der Waals surface area contributed by atoms with Crippen molar-refractivity contribution < 1.29 is 9.53 Å². The molecule has 2 nitrogen and oxygen atoms in total. The van der Waals surface area contributed by atoms with Gasteiger partial charge in [0.1, 0.15) is 13.0 Å². The molecule has 0 aliphatic heterocycles. The van der Waals surface area contributed by atoms with Crippen molar-refractivity contribution in [2.24, 2.45) is 0 Å². The van der Waals surface area contributed by atoms with Gasteiger partial charge >= 0.3 is 5.97 Å². The molecule has 0 aromatic heterocycles. The molecule has 0 rings (SSSR count). The van der Waals surface area contributed by atoms with Gasteiger partial charge in [-0.2, -0.15) is 0 Å². The molecule has 0 spiro atoms. The molecule has 0 N–H and O–H groups in total. The van der Waals surface area contributed by atoms with Gasteiger partial charge < -0.3 is 4.74 Å². The van der Waals surface area contributed by atoms with E-state index in [9.17, 15) is 4.79 Å². The Balaban J connectivity index is 3.19. The zero-order valence-corrected chi connectivity index (χ0v) is 6.48. The number of rotatable bonds is 3. The Kier molecular flexibility index (Phi) is 5.34. The molecule has 0 bridgehead atoms. The van der Waals surface area contributed by atoms with Crippen LogP contribution in [0.15, 0.2) is 0 Å². The minimum Gasteiger partial charge on any atom is -0.464 e. The number of esters is 1. The molecule has 3 heteroatoms. The first-order valence-corrected chi connectivity index (χ1v) is 3.58. The first-order valence-electron chi connectivity index (χ1n) is 2.46. The highest BCUT2D eigenvalue weighted by Gasteiger charge is 1.96. The molecule has 0 heterocycles. The van der Waals surface area contributed by atoms with Crippen LogP contribution in [-0.4, -0.2) is 17.9 Å². The van der Waals surface area contributed by atoms with Crippen molar-refractivity contribution in [2.75, 3.05) is 11.9 Å². The number of terminal acetylenes is 1. The quantitative estimate of drug-likeness (QED) is 0.377. The molecule has 0 aliphatic rings. The summed E-state index contributed by atoms with van der Waals surface area (Å²) in [6.45, 7) is 0.389. The zero-order valence-electron chi connectivity index (χ0n) is 4.89. The van der Waals surface area contributed by atoms with Crippen LogP contribution in [0.1, 0.15) is 6.42 Å². The smallest absolute Gasteiger partial charge is 0.317 e. The average molecular weight is 191 g/mol. The highest BCUT2D eigenvalue weighted by atomic mass is 79.9. The van der Waals surface area contributed by atoms with E-state index < -0.39 is 0 Å². The van der Waals surface area contributed by atoms with Gasteiger partial charge in [0.15, 0.2) is 0 Å². The second-order valence-corrected chi connectivity index (χ2v) is 2.08. The lowest BCUT2D eigenvalue weighted by molar-refractivity contribution is -0.141. The molecule has 9 heavy (non-hydrogen) atoms. The fourth-order valence-corrected chi connectivity index (χ4v) is 0.449. The normalized spacial score (nSPS) is 8.00. The Morgan fingerprint density at radius 1 is 1.78 bits per heavy atom. The largest absolute Gasteiger partial charge is 0.464 e. The summed E-state index contributed by atoms with van der Waals surface area (Å²) in [5, 5.41) is 0.656. The van der Waals surface area contributed by atoms with E-state index in [4.69, 9.17) is 6.42 Å². The van der Waals surface area contributed by atoms with Crippen molar-refractivity contribution in [3.05, 3.63) is 0 Å². The summed E-state index contributed by atoms with van der Waals surface area (Å²) in [6.07, 6.45) is 4.90. The molecule has 0 fully saturated rings. The summed E-state index contributed by atoms with van der Waals surface area (Å²) in [5.74, 6) is 1.85. The molecule has 0 unspecified atom stereocenters. The standard InChI is InChI=1S/C6H7BrO2/c1-2-3-6(8)9-5-4-7/h1H,3-5H2. The Hall–Kier alpha value is -0.490. The highest BCUT2D eigenvalue weighted by molar-refractivity contribution is 9.09. The predicted octanol–water partition coefficient (Wildman–Crippen LogP) is 0.948. The molecule has 0 aromatic carbocycles. The SMILES string of the molecule is C#CCC(=O)OCCBr.